The van der Waals surface area contributed by atoms with E-state index in [1.165, 1.54) is 0 Å². The van der Waals surface area contributed by atoms with E-state index in [4.69, 9.17) is 9.26 Å². The molecule has 1 fully saturated rings. The van der Waals surface area contributed by atoms with Crippen LogP contribution in [0.3, 0.4) is 0 Å². The maximum Gasteiger partial charge on any atom is 0.521 e. The van der Waals surface area contributed by atoms with Crippen molar-refractivity contribution in [2.45, 2.75) is 90.4 Å². The van der Waals surface area contributed by atoms with Gasteiger partial charge in [-0.2, -0.15) is 9.28 Å². The first kappa shape index (κ1) is 31.0. The fourth-order valence-corrected chi connectivity index (χ4v) is 5.99. The Balaban J connectivity index is 1.94. The van der Waals surface area contributed by atoms with Crippen molar-refractivity contribution >= 4 is 25.7 Å². The number of likely N-dealkylation sites (tertiary alicyclic amines) is 1. The lowest BCUT2D eigenvalue weighted by Gasteiger charge is -2.33. The monoisotopic (exact) mass is 541 g/mol. The van der Waals surface area contributed by atoms with Crippen molar-refractivity contribution < 1.29 is 42.7 Å². The Labute approximate surface area is 219 Å². The lowest BCUT2D eigenvalue weighted by molar-refractivity contribution is -0.794. The number of nitrogens with one attached hydrogen (secondary N) is 1. The van der Waals surface area contributed by atoms with Crippen LogP contribution in [0.25, 0.3) is 0 Å². The Bertz CT molecular complexity index is 928. The molecule has 37 heavy (non-hydrogen) atoms. The summed E-state index contributed by atoms with van der Waals surface area (Å²) in [4.78, 5) is 48.1. The number of amides is 3. The lowest BCUT2D eigenvalue weighted by atomic mass is 10.1. The second-order valence-corrected chi connectivity index (χ2v) is 11.6. The predicted molar refractivity (Wildman–Crippen MR) is 139 cm³/mol. The normalized spacial score (nSPS) is 21.6. The fourth-order valence-electron chi connectivity index (χ4n) is 4.67. The van der Waals surface area contributed by atoms with Gasteiger partial charge in [0.15, 0.2) is 6.10 Å². The molecule has 4 atom stereocenters. The topological polar surface area (TPSA) is 139 Å². The third-order valence-electron chi connectivity index (χ3n) is 6.86. The van der Waals surface area contributed by atoms with E-state index in [0.29, 0.717) is 32.1 Å². The van der Waals surface area contributed by atoms with Crippen molar-refractivity contribution in [1.82, 2.24) is 5.32 Å². The van der Waals surface area contributed by atoms with Gasteiger partial charge < -0.3 is 20.1 Å². The molecule has 0 aliphatic carbocycles. The number of carboxylic acid groups (broad SMARTS) is 1. The number of unbranched alkanes of at least 4 members (excludes halogenated alkanes) is 4. The Morgan fingerprint density at radius 2 is 1.86 bits per heavy atom. The molecule has 1 heterocycles. The van der Waals surface area contributed by atoms with E-state index < -0.39 is 42.3 Å². The van der Waals surface area contributed by atoms with Gasteiger partial charge in [0.1, 0.15) is 12.6 Å². The molecule has 10 nitrogen and oxygen atoms in total. The third kappa shape index (κ3) is 9.52. The van der Waals surface area contributed by atoms with Crippen molar-refractivity contribution in [1.29, 1.82) is 0 Å². The summed E-state index contributed by atoms with van der Waals surface area (Å²) in [6.07, 6.45) is 2.04. The molecular formula is C26H42N2O8P+. The molecule has 1 aliphatic rings. The number of carbonyl (C=O) groups is 3. The lowest BCUT2D eigenvalue weighted by Crippen LogP contribution is -2.62. The van der Waals surface area contributed by atoms with Crippen LogP contribution >= 0.6 is 7.60 Å². The highest BCUT2D eigenvalue weighted by Crippen LogP contribution is 2.46. The largest absolute Gasteiger partial charge is 0.521 e. The predicted octanol–water partition coefficient (Wildman–Crippen LogP) is 5.44. The summed E-state index contributed by atoms with van der Waals surface area (Å²) < 4.78 is 22.7. The number of rotatable bonds is 15. The van der Waals surface area contributed by atoms with Gasteiger partial charge in [0.25, 0.3) is 0 Å². The van der Waals surface area contributed by atoms with Crippen molar-refractivity contribution in [3.63, 3.8) is 0 Å². The van der Waals surface area contributed by atoms with Crippen LogP contribution in [0.15, 0.2) is 30.3 Å². The maximum absolute atomic E-state index is 13.5. The molecule has 11 heteroatoms. The molecule has 1 aromatic rings. The van der Waals surface area contributed by atoms with Crippen LogP contribution in [0.5, 0.6) is 0 Å². The summed E-state index contributed by atoms with van der Waals surface area (Å²) >= 11 is 0. The molecule has 0 radical (unpaired) electrons. The summed E-state index contributed by atoms with van der Waals surface area (Å²) in [6.45, 7) is 4.31. The zero-order valence-corrected chi connectivity index (χ0v) is 22.9. The number of hydrogen-bond acceptors (Lipinski definition) is 6. The molecule has 1 aliphatic heterocycles. The number of alkyl carbamates (subject to hydrolysis) is 1. The fraction of sp³-hybridized carbons (Fsp3) is 0.654. The molecule has 1 saturated heterocycles. The number of ether oxygens (including phenoxy) is 1. The van der Waals surface area contributed by atoms with Crippen molar-refractivity contribution in [3.05, 3.63) is 35.9 Å². The molecule has 3 N–H and O–H groups in total. The highest BCUT2D eigenvalue weighted by Gasteiger charge is 2.56. The van der Waals surface area contributed by atoms with E-state index in [0.717, 1.165) is 24.8 Å². The molecule has 0 aromatic heterocycles. The van der Waals surface area contributed by atoms with Gasteiger partial charge >= 0.3 is 25.7 Å². The number of imide groups is 1. The van der Waals surface area contributed by atoms with E-state index in [1.54, 1.807) is 6.92 Å². The smallest absolute Gasteiger partial charge is 0.445 e. The average molecular weight is 542 g/mol. The van der Waals surface area contributed by atoms with Crippen molar-refractivity contribution in [2.75, 3.05) is 19.3 Å². The van der Waals surface area contributed by atoms with E-state index in [2.05, 4.69) is 5.32 Å². The molecule has 2 unspecified atom stereocenters. The van der Waals surface area contributed by atoms with Gasteiger partial charge in [-0.25, -0.2) is 9.59 Å². The van der Waals surface area contributed by atoms with Gasteiger partial charge in [-0.05, 0) is 38.2 Å². The van der Waals surface area contributed by atoms with Gasteiger partial charge in [-0.1, -0.05) is 56.5 Å². The van der Waals surface area contributed by atoms with Gasteiger partial charge in [0, 0.05) is 19.4 Å². The Hall–Kier alpha value is -2.26. The first-order valence-corrected chi connectivity index (χ1v) is 15.0. The third-order valence-corrected chi connectivity index (χ3v) is 8.32. The van der Waals surface area contributed by atoms with Crippen LogP contribution in [-0.2, 0) is 25.2 Å². The summed E-state index contributed by atoms with van der Waals surface area (Å²) in [5.41, 5.74) is 0.867. The Morgan fingerprint density at radius 1 is 1.14 bits per heavy atom. The minimum absolute atomic E-state index is 0.0752. The Kier molecular flexibility index (Phi) is 12.7. The van der Waals surface area contributed by atoms with Crippen molar-refractivity contribution in [2.24, 2.45) is 0 Å². The summed E-state index contributed by atoms with van der Waals surface area (Å²) in [6, 6.07) is 8.83. The van der Waals surface area contributed by atoms with E-state index >= 15 is 0 Å². The number of nitrogens with zero attached hydrogens (tertiary/aromatic N) is 1. The highest BCUT2D eigenvalue weighted by atomic mass is 31.2. The summed E-state index contributed by atoms with van der Waals surface area (Å²) in [7, 11) is -4.09. The summed E-state index contributed by atoms with van der Waals surface area (Å²) in [5.74, 6) is -0.685. The van der Waals surface area contributed by atoms with Gasteiger partial charge in [-0.3, -0.25) is 9.09 Å². The molecule has 0 spiro atoms. The molecule has 1 aromatic carbocycles. The van der Waals surface area contributed by atoms with Crippen LogP contribution < -0.4 is 5.32 Å². The van der Waals surface area contributed by atoms with Gasteiger partial charge in [-0.15, -0.1) is 0 Å². The zero-order valence-electron chi connectivity index (χ0n) is 22.0. The van der Waals surface area contributed by atoms with Gasteiger partial charge in [0.05, 0.1) is 12.7 Å². The van der Waals surface area contributed by atoms with E-state index in [9.17, 15) is 28.9 Å². The molecule has 0 saturated carbocycles. The SMILES string of the molecule is CCCCCCP(=O)(O)O[C@@H](CCCCNC(=O)OCc1ccccc1)C(=O)[N+]1(C(=O)O)CCC[C@H]1C. The van der Waals surface area contributed by atoms with Crippen LogP contribution in [0.4, 0.5) is 9.59 Å². The second kappa shape index (κ2) is 15.2. The molecule has 3 amide bonds. The minimum atomic E-state index is -4.09. The van der Waals surface area contributed by atoms with Crippen LogP contribution in [0.1, 0.15) is 77.2 Å². The minimum Gasteiger partial charge on any atom is -0.445 e. The number of hydrogen-bond donors (Lipinski definition) is 3. The van der Waals surface area contributed by atoms with E-state index in [1.807, 2.05) is 37.3 Å². The summed E-state index contributed by atoms with van der Waals surface area (Å²) in [5, 5.41) is 12.6. The molecule has 208 valence electrons. The first-order chi connectivity index (χ1) is 17.6. The highest BCUT2D eigenvalue weighted by molar-refractivity contribution is 7.52. The molecule has 2 rings (SSSR count). The van der Waals surface area contributed by atoms with Crippen molar-refractivity contribution in [3.8, 4) is 0 Å². The van der Waals surface area contributed by atoms with Crippen LogP contribution in [0.2, 0.25) is 0 Å². The number of carbonyl (C=O) groups excluding carboxylic acids is 2. The molecule has 0 bridgehead atoms. The maximum atomic E-state index is 13.5. The average Bonchev–Trinajstić information content (AvgIpc) is 3.27. The molecular weight excluding hydrogens is 499 g/mol. The number of quaternary nitrogens is 1. The van der Waals surface area contributed by atoms with Crippen LogP contribution in [-0.4, -0.2) is 64.0 Å². The quantitative estimate of drug-likeness (QED) is 0.152. The zero-order chi connectivity index (χ0) is 27.3. The van der Waals surface area contributed by atoms with E-state index in [-0.39, 0.29) is 32.3 Å². The van der Waals surface area contributed by atoms with Gasteiger partial charge in [0.2, 0.25) is 0 Å². The Morgan fingerprint density at radius 3 is 2.49 bits per heavy atom. The number of benzene rings is 1. The second-order valence-electron chi connectivity index (χ2n) is 9.70. The standard InChI is InChI=1S/C26H41N2O8P/c1-3-4-5-11-19-37(33,34)36-23(24(29)28(26(31)32)18-12-13-21(28)2)16-9-10-17-27-25(30)35-20-22-14-7-6-8-15-22/h6-8,14-15,21,23H,3-5,9-13,16-20H2,1-2H3,(H2-,27,30,31,32,33,34)/p+1/t21-,23+,28?/m1/s1. The first-order valence-electron chi connectivity index (χ1n) is 13.2. The van der Waals surface area contributed by atoms with Crippen LogP contribution in [0, 0.1) is 0 Å².